The summed E-state index contributed by atoms with van der Waals surface area (Å²) in [6, 6.07) is 11.4. The molecular weight excluding hydrogens is 506 g/mol. The van der Waals surface area contributed by atoms with Crippen LogP contribution in [0.2, 0.25) is 0 Å². The second-order valence-electron chi connectivity index (χ2n) is 9.79. The van der Waals surface area contributed by atoms with Crippen LogP contribution in [0, 0.1) is 13.8 Å². The Morgan fingerprint density at radius 3 is 2.76 bits per heavy atom. The van der Waals surface area contributed by atoms with Crippen LogP contribution in [0.25, 0.3) is 11.0 Å². The molecule has 3 N–H and O–H groups in total. The standard InChI is InChI=1S/C27H31N5O5S/c1-16-5-6-19(22(12-26(33)34)21-7-8-23-27(18(21)3)29-30-31(23)4)11-20(16)15-32-14-17(2)37-24-9-10-28-13-25(24)38(32,35)36/h5-11,13,17,22,35-36H,12,14-15H2,1-4H3,(H,33,34). The Morgan fingerprint density at radius 2 is 2.00 bits per heavy atom. The van der Waals surface area contributed by atoms with E-state index in [1.54, 1.807) is 21.3 Å². The summed E-state index contributed by atoms with van der Waals surface area (Å²) in [6.45, 7) is 6.32. The average Bonchev–Trinajstić information content (AvgIpc) is 3.21. The van der Waals surface area contributed by atoms with E-state index in [0.29, 0.717) is 12.3 Å². The van der Waals surface area contributed by atoms with E-state index in [2.05, 4.69) is 15.3 Å². The van der Waals surface area contributed by atoms with E-state index in [1.807, 2.05) is 58.2 Å². The van der Waals surface area contributed by atoms with Crippen LogP contribution in [0.5, 0.6) is 5.75 Å². The van der Waals surface area contributed by atoms with Crippen LogP contribution in [0.1, 0.15) is 47.1 Å². The van der Waals surface area contributed by atoms with Gasteiger partial charge in [0.15, 0.2) is 0 Å². The van der Waals surface area contributed by atoms with Crippen molar-refractivity contribution in [2.24, 2.45) is 7.05 Å². The van der Waals surface area contributed by atoms with Crippen LogP contribution in [0.3, 0.4) is 0 Å². The lowest BCUT2D eigenvalue weighted by molar-refractivity contribution is -0.137. The van der Waals surface area contributed by atoms with Crippen LogP contribution in [0.15, 0.2) is 53.7 Å². The summed E-state index contributed by atoms with van der Waals surface area (Å²) in [5.74, 6) is -0.917. The number of carboxylic acids is 1. The van der Waals surface area contributed by atoms with E-state index in [0.717, 1.165) is 38.9 Å². The number of benzene rings is 2. The number of carbonyl (C=O) groups is 1. The molecule has 0 saturated heterocycles. The lowest BCUT2D eigenvalue weighted by atomic mass is 9.84. The van der Waals surface area contributed by atoms with Crippen LogP contribution in [-0.2, 0) is 18.4 Å². The Hall–Kier alpha value is -3.51. The molecule has 2 unspecified atom stereocenters. The molecule has 0 aliphatic carbocycles. The first-order valence-electron chi connectivity index (χ1n) is 12.3. The number of fused-ring (bicyclic) bond motifs is 2. The van der Waals surface area contributed by atoms with Gasteiger partial charge in [0.1, 0.15) is 22.3 Å². The van der Waals surface area contributed by atoms with Gasteiger partial charge in [0.05, 0.1) is 24.7 Å². The highest BCUT2D eigenvalue weighted by molar-refractivity contribution is 8.22. The molecule has 0 radical (unpaired) electrons. The number of hydrogen-bond acceptors (Lipinski definition) is 8. The summed E-state index contributed by atoms with van der Waals surface area (Å²) >= 11 is 0. The maximum absolute atomic E-state index is 12.0. The summed E-state index contributed by atoms with van der Waals surface area (Å²) < 4.78 is 31.9. The van der Waals surface area contributed by atoms with Crippen molar-refractivity contribution in [1.82, 2.24) is 24.3 Å². The molecule has 10 nitrogen and oxygen atoms in total. The number of nitrogens with zero attached hydrogens (tertiary/aromatic N) is 5. The number of pyridine rings is 1. The fourth-order valence-electron chi connectivity index (χ4n) is 5.09. The van der Waals surface area contributed by atoms with Gasteiger partial charge in [-0.05, 0) is 54.7 Å². The van der Waals surface area contributed by atoms with Crippen molar-refractivity contribution >= 4 is 27.8 Å². The monoisotopic (exact) mass is 537 g/mol. The second kappa shape index (κ2) is 9.99. The molecule has 38 heavy (non-hydrogen) atoms. The van der Waals surface area contributed by atoms with Crippen LogP contribution >= 0.6 is 10.8 Å². The van der Waals surface area contributed by atoms with Crippen LogP contribution < -0.4 is 4.74 Å². The highest BCUT2D eigenvalue weighted by atomic mass is 32.3. The molecule has 11 heteroatoms. The number of carboxylic acid groups (broad SMARTS) is 1. The molecule has 0 spiro atoms. The van der Waals surface area contributed by atoms with Gasteiger partial charge in [0, 0.05) is 31.8 Å². The number of hydrogen-bond donors (Lipinski definition) is 3. The van der Waals surface area contributed by atoms with Gasteiger partial charge in [-0.2, -0.15) is 4.31 Å². The SMILES string of the molecule is Cc1ccc(C(CC(=O)O)c2ccc3c(nnn3C)c2C)cc1CN1CC(C)Oc2ccncc2S1(O)O. The smallest absolute Gasteiger partial charge is 0.304 e. The number of aromatic nitrogens is 4. The normalized spacial score (nSPS) is 18.8. The summed E-state index contributed by atoms with van der Waals surface area (Å²) in [5, 5.41) is 18.2. The van der Waals surface area contributed by atoms with Gasteiger partial charge in [-0.3, -0.25) is 18.9 Å². The molecule has 0 amide bonds. The minimum Gasteiger partial charge on any atom is -0.487 e. The largest absolute Gasteiger partial charge is 0.487 e. The van der Waals surface area contributed by atoms with Crippen molar-refractivity contribution in [2.45, 2.75) is 50.7 Å². The minimum atomic E-state index is -3.37. The fourth-order valence-corrected chi connectivity index (χ4v) is 6.69. The van der Waals surface area contributed by atoms with E-state index in [9.17, 15) is 19.0 Å². The van der Waals surface area contributed by atoms with E-state index in [-0.39, 0.29) is 24.0 Å². The number of rotatable bonds is 6. The first-order valence-corrected chi connectivity index (χ1v) is 13.8. The first-order chi connectivity index (χ1) is 18.1. The predicted octanol–water partition coefficient (Wildman–Crippen LogP) is 4.89. The zero-order chi connectivity index (χ0) is 27.2. The molecular formula is C27H31N5O5S. The maximum atomic E-state index is 12.0. The molecule has 0 saturated carbocycles. The van der Waals surface area contributed by atoms with Crippen molar-refractivity contribution in [3.63, 3.8) is 0 Å². The molecule has 2 atom stereocenters. The Bertz CT molecular complexity index is 1520. The Labute approximate surface area is 222 Å². The average molecular weight is 538 g/mol. The van der Waals surface area contributed by atoms with Gasteiger partial charge < -0.3 is 9.84 Å². The summed E-state index contributed by atoms with van der Waals surface area (Å²) in [7, 11) is -1.54. The van der Waals surface area contributed by atoms with Crippen molar-refractivity contribution in [3.8, 4) is 5.75 Å². The highest BCUT2D eigenvalue weighted by Crippen LogP contribution is 2.57. The van der Waals surface area contributed by atoms with Gasteiger partial charge in [-0.25, -0.2) is 4.68 Å². The number of ether oxygens (including phenoxy) is 1. The third kappa shape index (κ3) is 4.73. The third-order valence-corrected chi connectivity index (χ3v) is 9.04. The Kier molecular flexibility index (Phi) is 6.86. The van der Waals surface area contributed by atoms with E-state index in [1.165, 1.54) is 6.20 Å². The Balaban J connectivity index is 1.54. The molecule has 2 aromatic heterocycles. The molecule has 0 fully saturated rings. The van der Waals surface area contributed by atoms with Crippen molar-refractivity contribution in [2.75, 3.05) is 6.54 Å². The molecule has 3 heterocycles. The Morgan fingerprint density at radius 1 is 1.21 bits per heavy atom. The van der Waals surface area contributed by atoms with Crippen molar-refractivity contribution in [1.29, 1.82) is 0 Å². The maximum Gasteiger partial charge on any atom is 0.304 e. The highest BCUT2D eigenvalue weighted by Gasteiger charge is 2.34. The lowest BCUT2D eigenvalue weighted by Gasteiger charge is -2.41. The lowest BCUT2D eigenvalue weighted by Crippen LogP contribution is -2.33. The molecule has 1 aliphatic rings. The number of aryl methyl sites for hydroxylation is 3. The van der Waals surface area contributed by atoms with Crippen molar-refractivity contribution < 1.29 is 23.7 Å². The second-order valence-corrected chi connectivity index (χ2v) is 11.8. The zero-order valence-corrected chi connectivity index (χ0v) is 22.5. The van der Waals surface area contributed by atoms with Gasteiger partial charge in [0.25, 0.3) is 0 Å². The fraction of sp³-hybridized carbons (Fsp3) is 0.333. The van der Waals surface area contributed by atoms with E-state index in [4.69, 9.17) is 4.74 Å². The molecule has 0 bridgehead atoms. The summed E-state index contributed by atoms with van der Waals surface area (Å²) in [5.41, 5.74) is 6.04. The summed E-state index contributed by atoms with van der Waals surface area (Å²) in [4.78, 5) is 16.3. The van der Waals surface area contributed by atoms with Gasteiger partial charge in [-0.1, -0.05) is 29.5 Å². The molecule has 2 aromatic carbocycles. The number of aliphatic carboxylic acids is 1. The molecule has 200 valence electrons. The molecule has 1 aliphatic heterocycles. The summed E-state index contributed by atoms with van der Waals surface area (Å²) in [6.07, 6.45) is 2.62. The predicted molar refractivity (Wildman–Crippen MR) is 144 cm³/mol. The zero-order valence-electron chi connectivity index (χ0n) is 21.7. The van der Waals surface area contributed by atoms with E-state index < -0.39 is 22.7 Å². The van der Waals surface area contributed by atoms with E-state index >= 15 is 0 Å². The van der Waals surface area contributed by atoms with Gasteiger partial charge >= 0.3 is 5.97 Å². The molecule has 4 aromatic rings. The van der Waals surface area contributed by atoms with Gasteiger partial charge in [-0.15, -0.1) is 15.9 Å². The van der Waals surface area contributed by atoms with Crippen LogP contribution in [-0.4, -0.2) is 57.1 Å². The van der Waals surface area contributed by atoms with Crippen LogP contribution in [0.4, 0.5) is 0 Å². The molecule has 5 rings (SSSR count). The topological polar surface area (TPSA) is 134 Å². The third-order valence-electron chi connectivity index (χ3n) is 7.15. The first kappa shape index (κ1) is 26.1. The van der Waals surface area contributed by atoms with Gasteiger partial charge in [0.2, 0.25) is 0 Å². The quantitative estimate of drug-likeness (QED) is 0.314. The van der Waals surface area contributed by atoms with Crippen molar-refractivity contribution in [3.05, 3.63) is 76.6 Å². The minimum absolute atomic E-state index is 0.0993.